The molecule has 2 aromatic rings. The average Bonchev–Trinajstić information content (AvgIpc) is 2.99. The Kier molecular flexibility index (Phi) is 10.5. The van der Waals surface area contributed by atoms with Crippen LogP contribution in [-0.2, 0) is 27.4 Å². The lowest BCUT2D eigenvalue weighted by molar-refractivity contribution is -0.143. The number of carbonyl (C=O) groups excluding carboxylic acids is 2. The molecule has 2 aliphatic rings. The number of halogens is 6. The number of ether oxygens (including phenoxy) is 1. The van der Waals surface area contributed by atoms with Gasteiger partial charge in [-0.3, -0.25) is 9.69 Å². The van der Waals surface area contributed by atoms with E-state index in [0.29, 0.717) is 51.2 Å². The van der Waals surface area contributed by atoms with Crippen LogP contribution in [0.1, 0.15) is 67.4 Å². The van der Waals surface area contributed by atoms with Gasteiger partial charge in [-0.05, 0) is 74.3 Å². The van der Waals surface area contributed by atoms with Crippen LogP contribution in [0.4, 0.5) is 31.1 Å². The Morgan fingerprint density at radius 2 is 1.61 bits per heavy atom. The molecule has 13 heteroatoms. The molecule has 242 valence electrons. The van der Waals surface area contributed by atoms with Crippen molar-refractivity contribution < 1.29 is 40.7 Å². The molecule has 3 atom stereocenters. The van der Waals surface area contributed by atoms with Crippen LogP contribution < -0.4 is 11.1 Å². The number of carbonyl (C=O) groups is 2. The zero-order valence-corrected chi connectivity index (χ0v) is 24.5. The summed E-state index contributed by atoms with van der Waals surface area (Å²) in [5, 5.41) is 3.00. The highest BCUT2D eigenvalue weighted by Crippen LogP contribution is 2.42. The summed E-state index contributed by atoms with van der Waals surface area (Å²) in [5.41, 5.74) is 2.35. The van der Waals surface area contributed by atoms with Crippen LogP contribution in [0, 0.1) is 5.92 Å². The fraction of sp³-hybridized carbons (Fsp3) is 0.548. The standard InChI is InChI=1S/C31H38F6N4O3/c1-21(23-14-25(30(32,33)34)16-26(15-23)31(35,36)37)44-20-29(24-8-4-2-5-9-24)11-10-22(18-41(29)19-27(38)42)17-39-28(43)40-12-6-3-7-13-40/h2,4-5,8-9,14-16,21-22H,3,6-7,10-13,17-20H2,1H3,(H2,38,42)(H,39,43)/t21-,22-,29-/m1/s1. The quantitative estimate of drug-likeness (QED) is 0.329. The summed E-state index contributed by atoms with van der Waals surface area (Å²) in [4.78, 5) is 28.6. The van der Waals surface area contributed by atoms with Gasteiger partial charge in [-0.2, -0.15) is 26.3 Å². The van der Waals surface area contributed by atoms with Crippen LogP contribution >= 0.6 is 0 Å². The number of benzene rings is 2. The fourth-order valence-corrected chi connectivity index (χ4v) is 6.08. The molecule has 0 spiro atoms. The summed E-state index contributed by atoms with van der Waals surface area (Å²) in [6.45, 7) is 3.24. The van der Waals surface area contributed by atoms with E-state index in [4.69, 9.17) is 10.5 Å². The first-order chi connectivity index (χ1) is 20.7. The second-order valence-electron chi connectivity index (χ2n) is 11.7. The van der Waals surface area contributed by atoms with E-state index >= 15 is 0 Å². The van der Waals surface area contributed by atoms with Gasteiger partial charge in [0.25, 0.3) is 0 Å². The van der Waals surface area contributed by atoms with Gasteiger partial charge in [0, 0.05) is 26.2 Å². The predicted octanol–water partition coefficient (Wildman–Crippen LogP) is 6.09. The zero-order chi connectivity index (χ0) is 32.1. The molecule has 3 N–H and O–H groups in total. The van der Waals surface area contributed by atoms with Crippen LogP contribution in [0.15, 0.2) is 48.5 Å². The van der Waals surface area contributed by atoms with Crippen molar-refractivity contribution in [3.05, 3.63) is 70.8 Å². The fourth-order valence-electron chi connectivity index (χ4n) is 6.08. The first-order valence-electron chi connectivity index (χ1n) is 14.7. The molecule has 7 nitrogen and oxygen atoms in total. The molecule has 2 aliphatic heterocycles. The molecule has 0 saturated carbocycles. The summed E-state index contributed by atoms with van der Waals surface area (Å²) >= 11 is 0. The van der Waals surface area contributed by atoms with Crippen LogP contribution in [0.3, 0.4) is 0 Å². The van der Waals surface area contributed by atoms with Gasteiger partial charge in [-0.15, -0.1) is 0 Å². The summed E-state index contributed by atoms with van der Waals surface area (Å²) in [6, 6.07) is 10.4. The summed E-state index contributed by atoms with van der Waals surface area (Å²) in [7, 11) is 0. The smallest absolute Gasteiger partial charge is 0.372 e. The van der Waals surface area contributed by atoms with E-state index in [0.717, 1.165) is 24.8 Å². The summed E-state index contributed by atoms with van der Waals surface area (Å²) in [6.07, 6.45) is -7.05. The average molecular weight is 629 g/mol. The number of primary amides is 1. The van der Waals surface area contributed by atoms with Crippen LogP contribution in [0.25, 0.3) is 0 Å². The molecule has 0 radical (unpaired) electrons. The number of piperidine rings is 2. The third-order valence-corrected chi connectivity index (χ3v) is 8.54. The lowest BCUT2D eigenvalue weighted by atomic mass is 9.77. The van der Waals surface area contributed by atoms with Gasteiger partial charge in [-0.25, -0.2) is 4.79 Å². The molecule has 0 bridgehead atoms. The number of hydrogen-bond acceptors (Lipinski definition) is 4. The van der Waals surface area contributed by atoms with E-state index in [9.17, 15) is 35.9 Å². The number of likely N-dealkylation sites (tertiary alicyclic amines) is 2. The largest absolute Gasteiger partial charge is 0.416 e. The van der Waals surface area contributed by atoms with Gasteiger partial charge in [0.05, 0.1) is 35.9 Å². The third kappa shape index (κ3) is 8.23. The Morgan fingerprint density at radius 1 is 1.00 bits per heavy atom. The van der Waals surface area contributed by atoms with Crippen LogP contribution in [0.2, 0.25) is 0 Å². The zero-order valence-electron chi connectivity index (χ0n) is 24.5. The molecule has 0 unspecified atom stereocenters. The van der Waals surface area contributed by atoms with Crippen LogP contribution in [0.5, 0.6) is 0 Å². The maximum Gasteiger partial charge on any atom is 0.416 e. The molecule has 4 rings (SSSR count). The first-order valence-corrected chi connectivity index (χ1v) is 14.7. The number of alkyl halides is 6. The van der Waals surface area contributed by atoms with Gasteiger partial charge in [0.15, 0.2) is 0 Å². The number of nitrogens with zero attached hydrogens (tertiary/aromatic N) is 2. The first kappa shape index (κ1) is 33.6. The summed E-state index contributed by atoms with van der Waals surface area (Å²) < 4.78 is 87.1. The van der Waals surface area contributed by atoms with Crippen molar-refractivity contribution in [2.24, 2.45) is 11.7 Å². The van der Waals surface area contributed by atoms with Gasteiger partial charge < -0.3 is 20.7 Å². The lowest BCUT2D eigenvalue weighted by Gasteiger charge is -2.50. The van der Waals surface area contributed by atoms with Crippen molar-refractivity contribution in [2.75, 3.05) is 39.3 Å². The minimum atomic E-state index is -4.99. The van der Waals surface area contributed by atoms with Crippen LogP contribution in [-0.4, -0.2) is 61.1 Å². The normalized spacial score (nSPS) is 22.4. The Labute approximate surface area is 252 Å². The molecule has 0 aromatic heterocycles. The van der Waals surface area contributed by atoms with Crippen molar-refractivity contribution in [2.45, 2.75) is 63.0 Å². The highest BCUT2D eigenvalue weighted by molar-refractivity contribution is 5.76. The van der Waals surface area contributed by atoms with Crippen molar-refractivity contribution in [3.63, 3.8) is 0 Å². The summed E-state index contributed by atoms with van der Waals surface area (Å²) in [5.74, 6) is -0.640. The molecule has 2 aromatic carbocycles. The van der Waals surface area contributed by atoms with Crippen molar-refractivity contribution in [1.82, 2.24) is 15.1 Å². The second kappa shape index (κ2) is 13.8. The lowest BCUT2D eigenvalue weighted by Crippen LogP contribution is -2.58. The maximum atomic E-state index is 13.5. The Balaban J connectivity index is 1.57. The van der Waals surface area contributed by atoms with E-state index in [-0.39, 0.29) is 36.7 Å². The predicted molar refractivity (Wildman–Crippen MR) is 151 cm³/mol. The Bertz CT molecular complexity index is 1250. The number of rotatable bonds is 9. The minimum Gasteiger partial charge on any atom is -0.372 e. The Hall–Kier alpha value is -3.32. The van der Waals surface area contributed by atoms with E-state index in [2.05, 4.69) is 5.32 Å². The van der Waals surface area contributed by atoms with Gasteiger partial charge in [-0.1, -0.05) is 30.3 Å². The van der Waals surface area contributed by atoms with Crippen molar-refractivity contribution in [1.29, 1.82) is 0 Å². The highest BCUT2D eigenvalue weighted by atomic mass is 19.4. The monoisotopic (exact) mass is 628 g/mol. The number of hydrogen-bond donors (Lipinski definition) is 2. The SMILES string of the molecule is C[C@@H](OC[C@@]1(c2ccccc2)CC[C@H](CNC(=O)N2CCCCC2)CN1CC(N)=O)c1cc(C(F)(F)F)cc(C(F)(F)F)c1. The van der Waals surface area contributed by atoms with E-state index in [1.807, 2.05) is 23.1 Å². The number of nitrogens with one attached hydrogen (secondary N) is 1. The third-order valence-electron chi connectivity index (χ3n) is 8.54. The topological polar surface area (TPSA) is 87.9 Å². The second-order valence-corrected chi connectivity index (χ2v) is 11.7. The molecular formula is C31H38F6N4O3. The number of amides is 3. The number of nitrogens with two attached hydrogens (primary N) is 1. The van der Waals surface area contributed by atoms with Gasteiger partial charge in [0.2, 0.25) is 5.91 Å². The molecule has 44 heavy (non-hydrogen) atoms. The van der Waals surface area contributed by atoms with Crippen molar-refractivity contribution >= 4 is 11.9 Å². The molecule has 2 saturated heterocycles. The van der Waals surface area contributed by atoms with Crippen molar-refractivity contribution in [3.8, 4) is 0 Å². The van der Waals surface area contributed by atoms with E-state index < -0.39 is 41.0 Å². The molecular weight excluding hydrogens is 590 g/mol. The molecule has 2 heterocycles. The van der Waals surface area contributed by atoms with Gasteiger partial charge in [0.1, 0.15) is 0 Å². The maximum absolute atomic E-state index is 13.5. The minimum absolute atomic E-state index is 0.0323. The highest BCUT2D eigenvalue weighted by Gasteiger charge is 2.45. The van der Waals surface area contributed by atoms with E-state index in [1.165, 1.54) is 6.92 Å². The molecule has 2 fully saturated rings. The number of urea groups is 1. The molecule has 0 aliphatic carbocycles. The Morgan fingerprint density at radius 3 is 2.18 bits per heavy atom. The van der Waals surface area contributed by atoms with E-state index in [1.54, 1.807) is 17.0 Å². The molecule has 3 amide bonds. The van der Waals surface area contributed by atoms with Gasteiger partial charge >= 0.3 is 18.4 Å².